The summed E-state index contributed by atoms with van der Waals surface area (Å²) >= 11 is 0. The van der Waals surface area contributed by atoms with Crippen LogP contribution in [-0.2, 0) is 26.1 Å². The molecule has 0 aliphatic carbocycles. The van der Waals surface area contributed by atoms with E-state index in [0.717, 1.165) is 80.5 Å². The van der Waals surface area contributed by atoms with Gasteiger partial charge in [-0.05, 0) is 104 Å². The highest BCUT2D eigenvalue weighted by Gasteiger charge is 2.23. The van der Waals surface area contributed by atoms with Crippen molar-refractivity contribution in [2.24, 2.45) is 0 Å². The van der Waals surface area contributed by atoms with Crippen molar-refractivity contribution in [2.75, 3.05) is 26.2 Å². The van der Waals surface area contributed by atoms with Crippen molar-refractivity contribution in [1.29, 1.82) is 0 Å². The molecular weight excluding hydrogens is 612 g/mol. The molecule has 0 bridgehead atoms. The third-order valence-electron chi connectivity index (χ3n) is 9.26. The summed E-state index contributed by atoms with van der Waals surface area (Å²) in [4.78, 5) is 25.9. The number of nitrogens with zero attached hydrogens (tertiary/aromatic N) is 4. The van der Waals surface area contributed by atoms with E-state index in [4.69, 9.17) is 13.9 Å². The molecule has 4 heterocycles. The van der Waals surface area contributed by atoms with Crippen molar-refractivity contribution in [3.8, 4) is 11.5 Å². The van der Waals surface area contributed by atoms with Crippen LogP contribution >= 0.6 is 13.5 Å². The predicted octanol–water partition coefficient (Wildman–Crippen LogP) is 5.80. The van der Waals surface area contributed by atoms with Crippen molar-refractivity contribution < 1.29 is 23.8 Å². The number of pyridine rings is 1. The largest absolute Gasteiger partial charge is 0.490 e. The summed E-state index contributed by atoms with van der Waals surface area (Å²) in [6, 6.07) is 15.7. The zero-order chi connectivity index (χ0) is 31.9. The zero-order valence-electron chi connectivity index (χ0n) is 27.4. The van der Waals surface area contributed by atoms with Crippen molar-refractivity contribution >= 4 is 19.3 Å². The number of Topliss-reactive ketones (excluding diaryl/α,β-unsaturated/α-hetero) is 1. The van der Waals surface area contributed by atoms with Gasteiger partial charge in [-0.15, -0.1) is 0 Å². The Morgan fingerprint density at radius 3 is 2.51 bits per heavy atom. The van der Waals surface area contributed by atoms with Gasteiger partial charge < -0.3 is 19.0 Å². The molecule has 4 aromatic rings. The molecule has 9 nitrogen and oxygen atoms in total. The minimum atomic E-state index is -0.564. The van der Waals surface area contributed by atoms with E-state index in [1.807, 2.05) is 49.6 Å². The molecule has 1 atom stereocenters. The van der Waals surface area contributed by atoms with Crippen LogP contribution < -0.4 is 9.47 Å². The molecular formula is C37H46N4O5S. The molecule has 0 saturated carbocycles. The first-order valence-corrected chi connectivity index (χ1v) is 16.4. The number of aliphatic hydroxyl groups excluding tert-OH is 1. The number of hydrogen-bond donors (Lipinski definition) is 1. The lowest BCUT2D eigenvalue weighted by atomic mass is 9.94. The van der Waals surface area contributed by atoms with Crippen molar-refractivity contribution in [3.63, 3.8) is 0 Å². The van der Waals surface area contributed by atoms with Gasteiger partial charge in [-0.3, -0.25) is 19.6 Å². The van der Waals surface area contributed by atoms with E-state index in [-0.39, 0.29) is 25.4 Å². The molecule has 2 aliphatic rings. The van der Waals surface area contributed by atoms with Gasteiger partial charge in [0.05, 0.1) is 11.8 Å². The lowest BCUT2D eigenvalue weighted by Gasteiger charge is -2.32. The Morgan fingerprint density at radius 2 is 1.79 bits per heavy atom. The maximum absolute atomic E-state index is 12.9. The molecule has 6 rings (SSSR count). The van der Waals surface area contributed by atoms with Crippen LogP contribution in [0.5, 0.6) is 11.5 Å². The first-order valence-electron chi connectivity index (χ1n) is 16.4. The van der Waals surface area contributed by atoms with Crippen LogP contribution in [0.2, 0.25) is 0 Å². The molecule has 1 saturated heterocycles. The van der Waals surface area contributed by atoms with Crippen LogP contribution in [0.3, 0.4) is 0 Å². The maximum atomic E-state index is 12.9. The van der Waals surface area contributed by atoms with Gasteiger partial charge in [0.25, 0.3) is 0 Å². The molecule has 250 valence electrons. The SMILES string of the molecule is Cc1ncoc1COc1ccc2c(c1C)CCN(C[C@@H](O)CCC(=O)c1ccc(OC3CCN(Cc4ccncc4)CC3)cc1)C2.S. The topological polar surface area (TPSA) is 101 Å². The monoisotopic (exact) mass is 658 g/mol. The zero-order valence-corrected chi connectivity index (χ0v) is 28.4. The van der Waals surface area contributed by atoms with E-state index in [0.29, 0.717) is 31.6 Å². The van der Waals surface area contributed by atoms with Gasteiger partial charge in [-0.25, -0.2) is 4.98 Å². The Morgan fingerprint density at radius 1 is 1.02 bits per heavy atom. The molecule has 1 N–H and O–H groups in total. The molecule has 0 unspecified atom stereocenters. The fraction of sp³-hybridized carbons (Fsp3) is 0.432. The second kappa shape index (κ2) is 16.4. The number of ketones is 1. The number of β-amino-alcohol motifs (C(OH)–C–C–N with tert-alkyl or cyclic N) is 1. The lowest BCUT2D eigenvalue weighted by Crippen LogP contribution is -2.37. The highest BCUT2D eigenvalue weighted by molar-refractivity contribution is 7.59. The van der Waals surface area contributed by atoms with Gasteiger partial charge in [0, 0.05) is 63.6 Å². The molecule has 0 amide bonds. The third-order valence-corrected chi connectivity index (χ3v) is 9.26. The van der Waals surface area contributed by atoms with Crippen LogP contribution in [0.1, 0.15) is 69.7 Å². The summed E-state index contributed by atoms with van der Waals surface area (Å²) in [6.45, 7) is 9.47. The Hall–Kier alpha value is -3.70. The fourth-order valence-electron chi connectivity index (χ4n) is 6.47. The average Bonchev–Trinajstić information content (AvgIpc) is 3.49. The van der Waals surface area contributed by atoms with Crippen molar-refractivity contribution in [2.45, 2.75) is 77.9 Å². The van der Waals surface area contributed by atoms with E-state index in [2.05, 4.69) is 44.9 Å². The van der Waals surface area contributed by atoms with E-state index < -0.39 is 6.10 Å². The first-order chi connectivity index (χ1) is 22.4. The smallest absolute Gasteiger partial charge is 0.181 e. The molecule has 2 aromatic carbocycles. The Bertz CT molecular complexity index is 1590. The molecule has 47 heavy (non-hydrogen) atoms. The third kappa shape index (κ3) is 9.22. The molecule has 2 aliphatic heterocycles. The highest BCUT2D eigenvalue weighted by Crippen LogP contribution is 2.30. The standard InChI is InChI=1S/C37H44N4O5.H2S/c1-26-34-15-20-41(22-30(34)5-10-36(26)44-24-37-27(2)39-25-45-37)23-31(42)6-9-35(43)29-3-7-32(8-4-29)46-33-13-18-40(19-14-33)21-28-11-16-38-17-12-28;/h3-5,7-8,10-12,16-17,25,31,33,42H,6,9,13-15,18-24H2,1-2H3;1H2/t31-;/m0./s1. The first kappa shape index (κ1) is 34.6. The lowest BCUT2D eigenvalue weighted by molar-refractivity contribution is 0.0836. The van der Waals surface area contributed by atoms with Crippen molar-refractivity contribution in [1.82, 2.24) is 19.8 Å². The Kier molecular flexibility index (Phi) is 12.1. The Balaban J connectivity index is 0.00000433. The van der Waals surface area contributed by atoms with Gasteiger partial charge in [-0.2, -0.15) is 13.5 Å². The number of aromatic nitrogens is 2. The predicted molar refractivity (Wildman–Crippen MR) is 185 cm³/mol. The van der Waals surface area contributed by atoms with E-state index in [1.165, 1.54) is 23.1 Å². The van der Waals surface area contributed by atoms with Gasteiger partial charge in [0.15, 0.2) is 17.9 Å². The van der Waals surface area contributed by atoms with E-state index in [1.54, 1.807) is 0 Å². The van der Waals surface area contributed by atoms with Crippen LogP contribution in [-0.4, -0.2) is 69.0 Å². The molecule has 2 aromatic heterocycles. The molecule has 10 heteroatoms. The number of aryl methyl sites for hydroxylation is 1. The number of oxazole rings is 1. The summed E-state index contributed by atoms with van der Waals surface area (Å²) in [5.41, 5.74) is 6.50. The van der Waals surface area contributed by atoms with Crippen LogP contribution in [0.15, 0.2) is 71.7 Å². The van der Waals surface area contributed by atoms with Crippen LogP contribution in [0.25, 0.3) is 0 Å². The number of carbonyl (C=O) groups excluding carboxylic acids is 1. The van der Waals surface area contributed by atoms with Gasteiger partial charge in [0.2, 0.25) is 0 Å². The second-order valence-electron chi connectivity index (χ2n) is 12.5. The summed E-state index contributed by atoms with van der Waals surface area (Å²) < 4.78 is 17.7. The average molecular weight is 659 g/mol. The number of likely N-dealkylation sites (tertiary alicyclic amines) is 1. The molecule has 0 radical (unpaired) electrons. The maximum Gasteiger partial charge on any atom is 0.181 e. The molecule has 0 spiro atoms. The highest BCUT2D eigenvalue weighted by atomic mass is 32.1. The fourth-order valence-corrected chi connectivity index (χ4v) is 6.47. The van der Waals surface area contributed by atoms with Crippen molar-refractivity contribution in [3.05, 3.63) is 107 Å². The summed E-state index contributed by atoms with van der Waals surface area (Å²) in [5, 5.41) is 10.8. The number of hydrogen-bond acceptors (Lipinski definition) is 9. The number of rotatable bonds is 13. The van der Waals surface area contributed by atoms with Gasteiger partial charge in [-0.1, -0.05) is 6.07 Å². The summed E-state index contributed by atoms with van der Waals surface area (Å²) in [6.07, 6.45) is 8.34. The Labute approximate surface area is 284 Å². The van der Waals surface area contributed by atoms with Gasteiger partial charge in [0.1, 0.15) is 24.2 Å². The number of ether oxygens (including phenoxy) is 2. The van der Waals surface area contributed by atoms with Crippen LogP contribution in [0.4, 0.5) is 0 Å². The number of fused-ring (bicyclic) bond motifs is 1. The minimum absolute atomic E-state index is 0. The minimum Gasteiger partial charge on any atom is -0.490 e. The number of aliphatic hydroxyl groups is 1. The quantitative estimate of drug-likeness (QED) is 0.179. The van der Waals surface area contributed by atoms with Gasteiger partial charge >= 0.3 is 0 Å². The number of carbonyl (C=O) groups is 1. The van der Waals surface area contributed by atoms with Crippen LogP contribution in [0, 0.1) is 13.8 Å². The summed E-state index contributed by atoms with van der Waals surface area (Å²) in [5.74, 6) is 2.44. The number of piperidine rings is 1. The summed E-state index contributed by atoms with van der Waals surface area (Å²) in [7, 11) is 0. The van der Waals surface area contributed by atoms with E-state index >= 15 is 0 Å². The molecule has 1 fully saturated rings. The van der Waals surface area contributed by atoms with E-state index in [9.17, 15) is 9.90 Å². The second-order valence-corrected chi connectivity index (χ2v) is 12.5. The number of benzene rings is 2. The normalized spacial score (nSPS) is 16.2.